The third-order valence-corrected chi connectivity index (χ3v) is 4.66. The van der Waals surface area contributed by atoms with E-state index in [0.717, 1.165) is 28.8 Å². The summed E-state index contributed by atoms with van der Waals surface area (Å²) in [5.74, 6) is 1.46. The summed E-state index contributed by atoms with van der Waals surface area (Å²) in [6.45, 7) is 0. The Balaban J connectivity index is 2.00. The molecule has 6 heteroatoms. The fourth-order valence-corrected chi connectivity index (χ4v) is 3.17. The van der Waals surface area contributed by atoms with Gasteiger partial charge in [0, 0.05) is 30.0 Å². The van der Waals surface area contributed by atoms with Crippen molar-refractivity contribution in [3.63, 3.8) is 0 Å². The minimum atomic E-state index is -0.326. The van der Waals surface area contributed by atoms with Crippen molar-refractivity contribution in [1.29, 1.82) is 0 Å². The van der Waals surface area contributed by atoms with Gasteiger partial charge in [-0.1, -0.05) is 17.7 Å². The van der Waals surface area contributed by atoms with E-state index in [9.17, 15) is 4.39 Å². The van der Waals surface area contributed by atoms with Crippen molar-refractivity contribution in [3.8, 4) is 0 Å². The normalized spacial score (nSPS) is 14.3. The van der Waals surface area contributed by atoms with Gasteiger partial charge in [-0.15, -0.1) is 0 Å². The van der Waals surface area contributed by atoms with Crippen LogP contribution in [0.5, 0.6) is 0 Å². The summed E-state index contributed by atoms with van der Waals surface area (Å²) < 4.78 is 14.8. The maximum Gasteiger partial charge on any atom is 0.144 e. The van der Waals surface area contributed by atoms with Gasteiger partial charge in [-0.05, 0) is 40.9 Å². The Morgan fingerprint density at radius 3 is 2.76 bits per heavy atom. The molecule has 1 aliphatic rings. The number of hydrogen-bond acceptors (Lipinski definition) is 3. The van der Waals surface area contributed by atoms with Crippen LogP contribution in [0, 0.1) is 5.82 Å². The molecule has 1 aromatic heterocycles. The van der Waals surface area contributed by atoms with Gasteiger partial charge in [0.15, 0.2) is 0 Å². The molecule has 0 atom stereocenters. The molecule has 0 radical (unpaired) electrons. The first-order valence-electron chi connectivity index (χ1n) is 6.77. The number of aromatic nitrogens is 2. The third kappa shape index (κ3) is 3.04. The zero-order valence-corrected chi connectivity index (χ0v) is 13.8. The van der Waals surface area contributed by atoms with Crippen LogP contribution in [0.1, 0.15) is 35.8 Å². The number of nitrogens with one attached hydrogen (secondary N) is 1. The van der Waals surface area contributed by atoms with Crippen molar-refractivity contribution in [3.05, 3.63) is 50.6 Å². The summed E-state index contributed by atoms with van der Waals surface area (Å²) in [6, 6.07) is 4.68. The first-order valence-corrected chi connectivity index (χ1v) is 7.94. The molecule has 3 rings (SSSR count). The van der Waals surface area contributed by atoms with E-state index in [2.05, 4.69) is 31.2 Å². The van der Waals surface area contributed by atoms with Crippen LogP contribution in [-0.4, -0.2) is 17.0 Å². The molecule has 1 heterocycles. The molecular weight excluding hydrogens is 357 g/mol. The van der Waals surface area contributed by atoms with Gasteiger partial charge in [0.1, 0.15) is 17.5 Å². The van der Waals surface area contributed by atoms with Crippen LogP contribution in [-0.2, 0) is 6.42 Å². The summed E-state index contributed by atoms with van der Waals surface area (Å²) in [4.78, 5) is 9.04. The van der Waals surface area contributed by atoms with Gasteiger partial charge in [0.05, 0.1) is 10.2 Å². The second kappa shape index (κ2) is 5.89. The molecule has 110 valence electrons. The number of rotatable bonds is 4. The van der Waals surface area contributed by atoms with E-state index in [-0.39, 0.29) is 12.2 Å². The maximum atomic E-state index is 13.9. The minimum Gasteiger partial charge on any atom is -0.372 e. The van der Waals surface area contributed by atoms with Gasteiger partial charge < -0.3 is 5.32 Å². The molecule has 1 saturated carbocycles. The molecular formula is C15H14BrClFN3. The Kier molecular flexibility index (Phi) is 4.13. The standard InChI is InChI=1S/C15H14BrClFN3/c1-19-15-13(16)14(8-5-6-8)20-12(21-15)7-9-10(17)3-2-4-11(9)18/h2-4,8H,5-7H2,1H3,(H,19,20,21). The molecule has 1 fully saturated rings. The van der Waals surface area contributed by atoms with Gasteiger partial charge >= 0.3 is 0 Å². The van der Waals surface area contributed by atoms with E-state index in [4.69, 9.17) is 11.6 Å². The molecule has 1 aromatic carbocycles. The molecule has 3 nitrogen and oxygen atoms in total. The first-order chi connectivity index (χ1) is 10.1. The number of benzene rings is 1. The average Bonchev–Trinajstić information content (AvgIpc) is 3.29. The number of nitrogens with zero attached hydrogens (tertiary/aromatic N) is 2. The molecule has 0 amide bonds. The highest BCUT2D eigenvalue weighted by molar-refractivity contribution is 9.10. The Labute approximate surface area is 136 Å². The van der Waals surface area contributed by atoms with Gasteiger partial charge in [-0.2, -0.15) is 0 Å². The second-order valence-corrected chi connectivity index (χ2v) is 6.29. The lowest BCUT2D eigenvalue weighted by Gasteiger charge is -2.11. The zero-order chi connectivity index (χ0) is 15.0. The van der Waals surface area contributed by atoms with Crippen molar-refractivity contribution in [2.45, 2.75) is 25.2 Å². The van der Waals surface area contributed by atoms with Crippen molar-refractivity contribution in [2.24, 2.45) is 0 Å². The summed E-state index contributed by atoms with van der Waals surface area (Å²) in [5.41, 5.74) is 1.43. The number of anilines is 1. The van der Waals surface area contributed by atoms with E-state index in [0.29, 0.717) is 22.3 Å². The lowest BCUT2D eigenvalue weighted by Crippen LogP contribution is -2.07. The molecule has 21 heavy (non-hydrogen) atoms. The van der Waals surface area contributed by atoms with E-state index in [1.54, 1.807) is 12.1 Å². The van der Waals surface area contributed by atoms with Crippen LogP contribution in [0.3, 0.4) is 0 Å². The van der Waals surface area contributed by atoms with Crippen molar-refractivity contribution in [2.75, 3.05) is 12.4 Å². The van der Waals surface area contributed by atoms with Crippen molar-refractivity contribution >= 4 is 33.3 Å². The van der Waals surface area contributed by atoms with Crippen LogP contribution in [0.25, 0.3) is 0 Å². The summed E-state index contributed by atoms with van der Waals surface area (Å²) in [6.07, 6.45) is 2.56. The smallest absolute Gasteiger partial charge is 0.144 e. The monoisotopic (exact) mass is 369 g/mol. The Morgan fingerprint density at radius 2 is 2.14 bits per heavy atom. The number of halogens is 3. The fraction of sp³-hybridized carbons (Fsp3) is 0.333. The minimum absolute atomic E-state index is 0.285. The molecule has 1 aliphatic carbocycles. The Morgan fingerprint density at radius 1 is 1.38 bits per heavy atom. The van der Waals surface area contributed by atoms with E-state index in [1.807, 2.05) is 7.05 Å². The highest BCUT2D eigenvalue weighted by Crippen LogP contribution is 2.43. The van der Waals surface area contributed by atoms with Crippen molar-refractivity contribution < 1.29 is 4.39 Å². The van der Waals surface area contributed by atoms with E-state index >= 15 is 0 Å². The molecule has 1 N–H and O–H groups in total. The summed E-state index contributed by atoms with van der Waals surface area (Å²) in [7, 11) is 1.81. The maximum absolute atomic E-state index is 13.9. The number of hydrogen-bond donors (Lipinski definition) is 1. The van der Waals surface area contributed by atoms with Gasteiger partial charge in [-0.25, -0.2) is 14.4 Å². The lowest BCUT2D eigenvalue weighted by atomic mass is 10.1. The summed E-state index contributed by atoms with van der Waals surface area (Å²) in [5, 5.41) is 3.45. The van der Waals surface area contributed by atoms with Crippen LogP contribution in [0.15, 0.2) is 22.7 Å². The highest BCUT2D eigenvalue weighted by atomic mass is 79.9. The van der Waals surface area contributed by atoms with Crippen LogP contribution >= 0.6 is 27.5 Å². The van der Waals surface area contributed by atoms with Gasteiger partial charge in [0.2, 0.25) is 0 Å². The second-order valence-electron chi connectivity index (χ2n) is 5.09. The lowest BCUT2D eigenvalue weighted by molar-refractivity contribution is 0.612. The van der Waals surface area contributed by atoms with E-state index in [1.165, 1.54) is 6.07 Å². The van der Waals surface area contributed by atoms with Gasteiger partial charge in [0.25, 0.3) is 0 Å². The van der Waals surface area contributed by atoms with Crippen molar-refractivity contribution in [1.82, 2.24) is 9.97 Å². The summed E-state index contributed by atoms with van der Waals surface area (Å²) >= 11 is 9.62. The molecule has 2 aromatic rings. The fourth-order valence-electron chi connectivity index (χ4n) is 2.24. The van der Waals surface area contributed by atoms with Crippen LogP contribution < -0.4 is 5.32 Å². The molecule has 0 bridgehead atoms. The zero-order valence-electron chi connectivity index (χ0n) is 11.5. The first kappa shape index (κ1) is 14.7. The molecule has 0 saturated heterocycles. The average molecular weight is 371 g/mol. The Bertz CT molecular complexity index is 669. The van der Waals surface area contributed by atoms with Crippen LogP contribution in [0.4, 0.5) is 10.2 Å². The molecule has 0 spiro atoms. The van der Waals surface area contributed by atoms with Crippen LogP contribution in [0.2, 0.25) is 5.02 Å². The van der Waals surface area contributed by atoms with E-state index < -0.39 is 0 Å². The largest absolute Gasteiger partial charge is 0.372 e. The highest BCUT2D eigenvalue weighted by Gasteiger charge is 2.29. The molecule has 0 aliphatic heterocycles. The van der Waals surface area contributed by atoms with Gasteiger partial charge in [-0.3, -0.25) is 0 Å². The predicted molar refractivity (Wildman–Crippen MR) is 85.5 cm³/mol. The Hall–Kier alpha value is -1.20. The predicted octanol–water partition coefficient (Wildman–Crippen LogP) is 4.54. The topological polar surface area (TPSA) is 37.8 Å². The SMILES string of the molecule is CNc1nc(Cc2c(F)cccc2Cl)nc(C2CC2)c1Br. The quantitative estimate of drug-likeness (QED) is 0.858. The third-order valence-electron chi connectivity index (χ3n) is 3.52. The molecule has 0 unspecified atom stereocenters.